The lowest BCUT2D eigenvalue weighted by atomic mass is 9.66. The molecule has 0 saturated carbocycles. The molecule has 0 aliphatic heterocycles. The molecule has 0 unspecified atom stereocenters. The molecule has 1 aliphatic rings. The molecule has 0 bridgehead atoms. The number of hydrogen-bond acceptors (Lipinski definition) is 7. The van der Waals surface area contributed by atoms with Gasteiger partial charge in [0.1, 0.15) is 0 Å². The second-order valence-electron chi connectivity index (χ2n) is 7.39. The van der Waals surface area contributed by atoms with Crippen molar-refractivity contribution in [1.29, 1.82) is 0 Å². The average molecular weight is 404 g/mol. The van der Waals surface area contributed by atoms with Crippen LogP contribution in [0.3, 0.4) is 0 Å². The highest BCUT2D eigenvalue weighted by Crippen LogP contribution is 2.52. The van der Waals surface area contributed by atoms with Crippen LogP contribution in [0.25, 0.3) is 0 Å². The van der Waals surface area contributed by atoms with Gasteiger partial charge >= 0.3 is 0 Å². The number of aromatic hydroxyl groups is 2. The Hall–Kier alpha value is -2.64. The first-order chi connectivity index (χ1) is 13.9. The molecule has 29 heavy (non-hydrogen) atoms. The van der Waals surface area contributed by atoms with E-state index in [0.29, 0.717) is 17.7 Å². The van der Waals surface area contributed by atoms with Crippen LogP contribution < -0.4 is 14.2 Å². The molecule has 2 aromatic carbocycles. The molecule has 3 rings (SSSR count). The minimum atomic E-state index is -0.411. The van der Waals surface area contributed by atoms with E-state index in [4.69, 9.17) is 14.2 Å². The maximum Gasteiger partial charge on any atom is 0.200 e. The minimum Gasteiger partial charge on any atom is -0.504 e. The van der Waals surface area contributed by atoms with E-state index in [1.807, 2.05) is 6.07 Å². The summed E-state index contributed by atoms with van der Waals surface area (Å²) in [6.07, 6.45) is 0.553. The topological polar surface area (TPSA) is 109 Å². The van der Waals surface area contributed by atoms with Gasteiger partial charge in [0.05, 0.1) is 21.3 Å². The summed E-state index contributed by atoms with van der Waals surface area (Å²) >= 11 is 0. The molecule has 3 atom stereocenters. The van der Waals surface area contributed by atoms with Crippen LogP contribution in [-0.2, 0) is 6.42 Å². The van der Waals surface area contributed by atoms with Crippen LogP contribution in [0.5, 0.6) is 28.7 Å². The van der Waals surface area contributed by atoms with E-state index in [0.717, 1.165) is 16.7 Å². The summed E-state index contributed by atoms with van der Waals surface area (Å²) in [6.45, 7) is 1.54. The quantitative estimate of drug-likeness (QED) is 0.585. The Bertz CT molecular complexity index is 868. The molecular weight excluding hydrogens is 376 g/mol. The van der Waals surface area contributed by atoms with Crippen LogP contribution in [-0.4, -0.2) is 55.0 Å². The van der Waals surface area contributed by atoms with Crippen LogP contribution in [0.2, 0.25) is 0 Å². The zero-order valence-electron chi connectivity index (χ0n) is 17.1. The van der Waals surface area contributed by atoms with Gasteiger partial charge in [0.2, 0.25) is 5.75 Å². The van der Waals surface area contributed by atoms with E-state index in [9.17, 15) is 20.4 Å². The highest BCUT2D eigenvalue weighted by atomic mass is 16.5. The lowest BCUT2D eigenvalue weighted by molar-refractivity contribution is 0.100. The van der Waals surface area contributed by atoms with Gasteiger partial charge in [-0.15, -0.1) is 0 Å². The zero-order valence-corrected chi connectivity index (χ0v) is 17.1. The molecule has 0 fully saturated rings. The van der Waals surface area contributed by atoms with Crippen LogP contribution in [0.4, 0.5) is 0 Å². The number of aliphatic hydroxyl groups excluding tert-OH is 2. The lowest BCUT2D eigenvalue weighted by Gasteiger charge is -2.39. The first kappa shape index (κ1) is 21.1. The molecule has 0 aromatic heterocycles. The molecule has 0 amide bonds. The third-order valence-electron chi connectivity index (χ3n) is 5.91. The molecule has 7 nitrogen and oxygen atoms in total. The predicted octanol–water partition coefficient (Wildman–Crippen LogP) is 2.34. The molecule has 0 heterocycles. The molecule has 0 radical (unpaired) electrons. The zero-order chi connectivity index (χ0) is 21.3. The normalized spacial score (nSPS) is 20.8. The summed E-state index contributed by atoms with van der Waals surface area (Å²) in [7, 11) is 4.39. The third-order valence-corrected chi connectivity index (χ3v) is 5.91. The molecule has 2 aromatic rings. The Morgan fingerprint density at radius 1 is 0.897 bits per heavy atom. The Balaban J connectivity index is 2.33. The van der Waals surface area contributed by atoms with Gasteiger partial charge in [0.15, 0.2) is 23.0 Å². The smallest absolute Gasteiger partial charge is 0.200 e. The number of methoxy groups -OCH3 is 3. The maximum absolute atomic E-state index is 10.6. The van der Waals surface area contributed by atoms with Gasteiger partial charge in [-0.1, -0.05) is 6.07 Å². The highest BCUT2D eigenvalue weighted by Gasteiger charge is 2.40. The van der Waals surface area contributed by atoms with E-state index in [1.54, 1.807) is 19.1 Å². The second-order valence-corrected chi connectivity index (χ2v) is 7.39. The van der Waals surface area contributed by atoms with Crippen molar-refractivity contribution in [2.45, 2.75) is 19.3 Å². The Morgan fingerprint density at radius 3 is 2.00 bits per heavy atom. The summed E-state index contributed by atoms with van der Waals surface area (Å²) in [5.41, 5.74) is 3.10. The molecular formula is C22H28O7. The number of benzene rings is 2. The van der Waals surface area contributed by atoms with Crippen LogP contribution in [0.1, 0.15) is 28.2 Å². The van der Waals surface area contributed by atoms with Gasteiger partial charge in [0.25, 0.3) is 0 Å². The Morgan fingerprint density at radius 2 is 1.52 bits per heavy atom. The van der Waals surface area contributed by atoms with E-state index in [2.05, 4.69) is 0 Å². The lowest BCUT2D eigenvalue weighted by Crippen LogP contribution is -2.35. The van der Waals surface area contributed by atoms with Gasteiger partial charge in [-0.25, -0.2) is 0 Å². The van der Waals surface area contributed by atoms with Crippen molar-refractivity contribution in [2.24, 2.45) is 11.8 Å². The van der Waals surface area contributed by atoms with Crippen LogP contribution >= 0.6 is 0 Å². The fourth-order valence-corrected chi connectivity index (χ4v) is 4.46. The standard InChI is InChI=1S/C22H28O7/c1-11-5-12-6-14(9-23)15(10-24)18(19(12)22(29-4)20(11)25)13-7-16(27-2)21(26)17(8-13)28-3/h5,7-8,14-15,18,23-26H,6,9-10H2,1-4H3/t14-,15+,18+/m0/s1. The second kappa shape index (κ2) is 8.39. The number of hydrogen-bond donors (Lipinski definition) is 4. The summed E-state index contributed by atoms with van der Waals surface area (Å²) in [5.74, 6) is -0.171. The van der Waals surface area contributed by atoms with Crippen molar-refractivity contribution >= 4 is 0 Å². The summed E-state index contributed by atoms with van der Waals surface area (Å²) in [6, 6.07) is 5.27. The monoisotopic (exact) mass is 404 g/mol. The number of phenols is 2. The summed E-state index contributed by atoms with van der Waals surface area (Å²) < 4.78 is 16.2. The number of fused-ring (bicyclic) bond motifs is 1. The fraction of sp³-hybridized carbons (Fsp3) is 0.455. The van der Waals surface area contributed by atoms with Gasteiger partial charge in [0, 0.05) is 24.7 Å². The van der Waals surface area contributed by atoms with Crippen molar-refractivity contribution in [2.75, 3.05) is 34.5 Å². The molecule has 158 valence electrons. The number of aliphatic hydroxyl groups is 2. The number of rotatable bonds is 6. The van der Waals surface area contributed by atoms with Crippen molar-refractivity contribution < 1.29 is 34.6 Å². The first-order valence-corrected chi connectivity index (χ1v) is 9.47. The van der Waals surface area contributed by atoms with Crippen LogP contribution in [0, 0.1) is 18.8 Å². The van der Waals surface area contributed by atoms with E-state index >= 15 is 0 Å². The van der Waals surface area contributed by atoms with Crippen molar-refractivity contribution in [3.63, 3.8) is 0 Å². The fourth-order valence-electron chi connectivity index (χ4n) is 4.46. The highest BCUT2D eigenvalue weighted by molar-refractivity contribution is 5.61. The number of aryl methyl sites for hydroxylation is 1. The summed E-state index contributed by atoms with van der Waals surface area (Å²) in [4.78, 5) is 0. The molecule has 1 aliphatic carbocycles. The minimum absolute atomic E-state index is 0.0492. The van der Waals surface area contributed by atoms with Gasteiger partial charge in [-0.3, -0.25) is 0 Å². The van der Waals surface area contributed by atoms with E-state index in [1.165, 1.54) is 21.3 Å². The van der Waals surface area contributed by atoms with E-state index in [-0.39, 0.29) is 48.0 Å². The molecule has 4 N–H and O–H groups in total. The van der Waals surface area contributed by atoms with Gasteiger partial charge in [-0.05, 0) is 54.0 Å². The molecule has 7 heteroatoms. The Labute approximate surface area is 170 Å². The van der Waals surface area contributed by atoms with Crippen LogP contribution in [0.15, 0.2) is 18.2 Å². The average Bonchev–Trinajstić information content (AvgIpc) is 2.73. The molecule has 0 spiro atoms. The van der Waals surface area contributed by atoms with E-state index < -0.39 is 5.92 Å². The van der Waals surface area contributed by atoms with Crippen molar-refractivity contribution in [3.05, 3.63) is 40.5 Å². The Kier molecular flexibility index (Phi) is 6.10. The van der Waals surface area contributed by atoms with Gasteiger partial charge < -0.3 is 34.6 Å². The first-order valence-electron chi connectivity index (χ1n) is 9.47. The summed E-state index contributed by atoms with van der Waals surface area (Å²) in [5, 5.41) is 41.1. The largest absolute Gasteiger partial charge is 0.504 e. The third kappa shape index (κ3) is 3.45. The number of ether oxygens (including phenoxy) is 3. The molecule has 0 saturated heterocycles. The maximum atomic E-state index is 10.6. The van der Waals surface area contributed by atoms with Gasteiger partial charge in [-0.2, -0.15) is 0 Å². The van der Waals surface area contributed by atoms with Crippen molar-refractivity contribution in [1.82, 2.24) is 0 Å². The predicted molar refractivity (Wildman–Crippen MR) is 107 cm³/mol. The van der Waals surface area contributed by atoms with Crippen molar-refractivity contribution in [3.8, 4) is 28.7 Å². The number of phenolic OH excluding ortho intramolecular Hbond substituents is 2. The SMILES string of the molecule is COc1cc([C@H]2c3c(cc(C)c(O)c3OC)C[C@@H](CO)[C@H]2CO)cc(OC)c1O.